The van der Waals surface area contributed by atoms with Gasteiger partial charge in [0.15, 0.2) is 0 Å². The van der Waals surface area contributed by atoms with Gasteiger partial charge in [0.2, 0.25) is 0 Å². The molecule has 2 fully saturated rings. The van der Waals surface area contributed by atoms with E-state index in [1.54, 1.807) is 6.26 Å². The van der Waals surface area contributed by atoms with Crippen molar-refractivity contribution in [2.45, 2.75) is 38.3 Å². The van der Waals surface area contributed by atoms with Gasteiger partial charge in [0, 0.05) is 18.0 Å². The Labute approximate surface area is 126 Å². The van der Waals surface area contributed by atoms with Crippen molar-refractivity contribution in [3.63, 3.8) is 0 Å². The van der Waals surface area contributed by atoms with Crippen LogP contribution in [0.5, 0.6) is 0 Å². The molecule has 0 radical (unpaired) electrons. The van der Waals surface area contributed by atoms with E-state index < -0.39 is 0 Å². The first kappa shape index (κ1) is 13.4. The van der Waals surface area contributed by atoms with E-state index in [2.05, 4.69) is 34.1 Å². The van der Waals surface area contributed by atoms with Crippen molar-refractivity contribution < 1.29 is 4.42 Å². The van der Waals surface area contributed by atoms with Crippen LogP contribution in [-0.2, 0) is 6.54 Å². The van der Waals surface area contributed by atoms with Crippen LogP contribution in [0.1, 0.15) is 31.2 Å². The van der Waals surface area contributed by atoms with Gasteiger partial charge in [-0.1, -0.05) is 6.07 Å². The highest BCUT2D eigenvalue weighted by atomic mass is 16.3. The van der Waals surface area contributed by atoms with E-state index in [4.69, 9.17) is 4.42 Å². The smallest absolute Gasteiger partial charge is 0.133 e. The second kappa shape index (κ2) is 5.82. The zero-order valence-corrected chi connectivity index (χ0v) is 12.6. The molecule has 2 aliphatic rings. The van der Waals surface area contributed by atoms with E-state index in [1.165, 1.54) is 62.8 Å². The first-order valence-electron chi connectivity index (χ1n) is 8.31. The van der Waals surface area contributed by atoms with Crippen LogP contribution in [0.15, 0.2) is 34.9 Å². The molecule has 2 aromatic rings. The average molecular weight is 284 g/mol. The van der Waals surface area contributed by atoms with Crippen LogP contribution < -0.4 is 0 Å². The molecular formula is C18H24N2O. The van der Waals surface area contributed by atoms with E-state index >= 15 is 0 Å². The Balaban J connectivity index is 1.35. The summed E-state index contributed by atoms with van der Waals surface area (Å²) in [6.45, 7) is 6.23. The Kier molecular flexibility index (Phi) is 3.70. The molecule has 1 aromatic carbocycles. The molecule has 0 N–H and O–H groups in total. The quantitative estimate of drug-likeness (QED) is 0.860. The van der Waals surface area contributed by atoms with Gasteiger partial charge in [0.1, 0.15) is 5.58 Å². The lowest BCUT2D eigenvalue weighted by Crippen LogP contribution is -2.43. The number of piperidine rings is 1. The molecule has 4 rings (SSSR count). The Hall–Kier alpha value is -1.32. The number of likely N-dealkylation sites (tertiary alicyclic amines) is 2. The highest BCUT2D eigenvalue weighted by Crippen LogP contribution is 2.23. The van der Waals surface area contributed by atoms with Crippen LogP contribution in [0, 0.1) is 0 Å². The molecule has 1 aromatic heterocycles. The number of fused-ring (bicyclic) bond motifs is 1. The molecule has 0 amide bonds. The Morgan fingerprint density at radius 2 is 1.81 bits per heavy atom. The van der Waals surface area contributed by atoms with Gasteiger partial charge >= 0.3 is 0 Å². The highest BCUT2D eigenvalue weighted by Gasteiger charge is 2.26. The van der Waals surface area contributed by atoms with Crippen molar-refractivity contribution in [3.8, 4) is 0 Å². The lowest BCUT2D eigenvalue weighted by Gasteiger charge is -2.36. The Morgan fingerprint density at radius 3 is 2.62 bits per heavy atom. The van der Waals surface area contributed by atoms with Gasteiger partial charge in [-0.05, 0) is 75.6 Å². The number of nitrogens with zero attached hydrogens (tertiary/aromatic N) is 2. The minimum Gasteiger partial charge on any atom is -0.464 e. The van der Waals surface area contributed by atoms with E-state index in [1.807, 2.05) is 0 Å². The fourth-order valence-corrected chi connectivity index (χ4v) is 3.92. The lowest BCUT2D eigenvalue weighted by molar-refractivity contribution is 0.122. The van der Waals surface area contributed by atoms with Crippen LogP contribution in [0.25, 0.3) is 11.0 Å². The van der Waals surface area contributed by atoms with Crippen LogP contribution in [-0.4, -0.2) is 42.0 Å². The van der Waals surface area contributed by atoms with Crippen LogP contribution in [0.4, 0.5) is 0 Å². The van der Waals surface area contributed by atoms with Crippen molar-refractivity contribution in [1.82, 2.24) is 9.80 Å². The molecule has 0 aliphatic carbocycles. The summed E-state index contributed by atoms with van der Waals surface area (Å²) >= 11 is 0. The SMILES string of the molecule is c1cc2cc(CN3CCC(N4CCCC4)CC3)ccc2o1. The maximum atomic E-state index is 5.41. The molecule has 2 aliphatic heterocycles. The van der Waals surface area contributed by atoms with Crippen molar-refractivity contribution >= 4 is 11.0 Å². The predicted octanol–water partition coefficient (Wildman–Crippen LogP) is 3.49. The van der Waals surface area contributed by atoms with E-state index in [-0.39, 0.29) is 0 Å². The number of hydrogen-bond donors (Lipinski definition) is 0. The molecule has 0 saturated carbocycles. The van der Waals surface area contributed by atoms with Gasteiger partial charge in [-0.3, -0.25) is 4.90 Å². The second-order valence-corrected chi connectivity index (χ2v) is 6.54. The van der Waals surface area contributed by atoms with Gasteiger partial charge < -0.3 is 9.32 Å². The van der Waals surface area contributed by atoms with Crippen molar-refractivity contribution in [2.24, 2.45) is 0 Å². The third-order valence-electron chi connectivity index (χ3n) is 5.14. The van der Waals surface area contributed by atoms with Gasteiger partial charge in [0.05, 0.1) is 6.26 Å². The average Bonchev–Trinajstić information content (AvgIpc) is 3.19. The van der Waals surface area contributed by atoms with Gasteiger partial charge in [-0.2, -0.15) is 0 Å². The molecule has 0 spiro atoms. The molecule has 2 saturated heterocycles. The number of hydrogen-bond acceptors (Lipinski definition) is 3. The van der Waals surface area contributed by atoms with Crippen LogP contribution >= 0.6 is 0 Å². The first-order chi connectivity index (χ1) is 10.4. The Bertz CT molecular complexity index is 592. The van der Waals surface area contributed by atoms with E-state index in [0.717, 1.165) is 18.2 Å². The summed E-state index contributed by atoms with van der Waals surface area (Å²) in [6, 6.07) is 9.48. The monoisotopic (exact) mass is 284 g/mol. The summed E-state index contributed by atoms with van der Waals surface area (Å²) in [6.07, 6.45) is 7.27. The van der Waals surface area contributed by atoms with Gasteiger partial charge in [-0.15, -0.1) is 0 Å². The topological polar surface area (TPSA) is 19.6 Å². The fourth-order valence-electron chi connectivity index (χ4n) is 3.92. The molecule has 3 heterocycles. The molecule has 3 heteroatoms. The highest BCUT2D eigenvalue weighted by molar-refractivity contribution is 5.77. The standard InChI is InChI=1S/C18H24N2O/c1-2-9-20(8-1)17-5-10-19(11-6-17)14-15-3-4-18-16(13-15)7-12-21-18/h3-4,7,12-13,17H,1-2,5-6,8-11,14H2. The summed E-state index contributed by atoms with van der Waals surface area (Å²) in [5, 5.41) is 1.22. The van der Waals surface area contributed by atoms with Gasteiger partial charge in [-0.25, -0.2) is 0 Å². The number of benzene rings is 1. The summed E-state index contributed by atoms with van der Waals surface area (Å²) < 4.78 is 5.41. The van der Waals surface area contributed by atoms with Crippen molar-refractivity contribution in [3.05, 3.63) is 36.1 Å². The minimum absolute atomic E-state index is 0.847. The molecule has 21 heavy (non-hydrogen) atoms. The maximum Gasteiger partial charge on any atom is 0.133 e. The molecule has 0 atom stereocenters. The lowest BCUT2D eigenvalue weighted by atomic mass is 10.0. The van der Waals surface area contributed by atoms with E-state index in [9.17, 15) is 0 Å². The fraction of sp³-hybridized carbons (Fsp3) is 0.556. The Morgan fingerprint density at radius 1 is 1.00 bits per heavy atom. The molecule has 3 nitrogen and oxygen atoms in total. The zero-order chi connectivity index (χ0) is 14.1. The summed E-state index contributed by atoms with van der Waals surface area (Å²) in [5.41, 5.74) is 2.40. The van der Waals surface area contributed by atoms with Crippen molar-refractivity contribution in [2.75, 3.05) is 26.2 Å². The predicted molar refractivity (Wildman–Crippen MR) is 85.3 cm³/mol. The molecule has 0 unspecified atom stereocenters. The minimum atomic E-state index is 0.847. The summed E-state index contributed by atoms with van der Waals surface area (Å²) in [7, 11) is 0. The molecule has 0 bridgehead atoms. The summed E-state index contributed by atoms with van der Waals surface area (Å²) in [5.74, 6) is 0. The second-order valence-electron chi connectivity index (χ2n) is 6.54. The van der Waals surface area contributed by atoms with Crippen LogP contribution in [0.3, 0.4) is 0 Å². The van der Waals surface area contributed by atoms with Crippen LogP contribution in [0.2, 0.25) is 0 Å². The largest absolute Gasteiger partial charge is 0.464 e. The number of furan rings is 1. The zero-order valence-electron chi connectivity index (χ0n) is 12.6. The maximum absolute atomic E-state index is 5.41. The third-order valence-corrected chi connectivity index (χ3v) is 5.14. The van der Waals surface area contributed by atoms with Gasteiger partial charge in [0.25, 0.3) is 0 Å². The molecular weight excluding hydrogens is 260 g/mol. The van der Waals surface area contributed by atoms with E-state index in [0.29, 0.717) is 0 Å². The normalized spacial score (nSPS) is 22.3. The number of rotatable bonds is 3. The molecule has 112 valence electrons. The summed E-state index contributed by atoms with van der Waals surface area (Å²) in [4.78, 5) is 5.32. The first-order valence-corrected chi connectivity index (χ1v) is 8.31. The third kappa shape index (κ3) is 2.85. The van der Waals surface area contributed by atoms with Crippen molar-refractivity contribution in [1.29, 1.82) is 0 Å².